The van der Waals surface area contributed by atoms with Crippen LogP contribution in [0.15, 0.2) is 18.5 Å². The minimum Gasteiger partial charge on any atom is -0.388 e. The van der Waals surface area contributed by atoms with Crippen LogP contribution in [0.5, 0.6) is 0 Å². The van der Waals surface area contributed by atoms with E-state index in [1.807, 2.05) is 41.8 Å². The Morgan fingerprint density at radius 3 is 2.83 bits per heavy atom. The molecule has 1 heterocycles. The summed E-state index contributed by atoms with van der Waals surface area (Å²) in [5.41, 5.74) is 0.889. The van der Waals surface area contributed by atoms with Gasteiger partial charge in [-0.3, -0.25) is 4.79 Å². The third-order valence-electron chi connectivity index (χ3n) is 3.51. The number of carbonyl (C=O) groups is 1. The molecule has 1 unspecified atom stereocenters. The SMILES string of the molecule is CCC(O)c1ccn(CC(=O)N(CC)C2CC2)c1. The molecule has 2 rings (SSSR count). The standard InChI is InChI=1S/C14H22N2O2/c1-3-13(17)11-7-8-15(9-11)10-14(18)16(4-2)12-5-6-12/h7-9,12-13,17H,3-6,10H2,1-2H3. The number of hydrogen-bond acceptors (Lipinski definition) is 2. The van der Waals surface area contributed by atoms with E-state index in [2.05, 4.69) is 0 Å². The van der Waals surface area contributed by atoms with Gasteiger partial charge in [-0.15, -0.1) is 0 Å². The number of aliphatic hydroxyl groups is 1. The van der Waals surface area contributed by atoms with Crippen molar-refractivity contribution in [3.8, 4) is 0 Å². The average molecular weight is 250 g/mol. The summed E-state index contributed by atoms with van der Waals surface area (Å²) in [5, 5.41) is 9.72. The van der Waals surface area contributed by atoms with Gasteiger partial charge in [0.2, 0.25) is 5.91 Å². The molecule has 1 N–H and O–H groups in total. The topological polar surface area (TPSA) is 45.5 Å². The minimum atomic E-state index is -0.424. The highest BCUT2D eigenvalue weighted by molar-refractivity contribution is 5.76. The van der Waals surface area contributed by atoms with Crippen molar-refractivity contribution in [3.63, 3.8) is 0 Å². The number of aliphatic hydroxyl groups excluding tert-OH is 1. The van der Waals surface area contributed by atoms with Crippen molar-refractivity contribution in [1.29, 1.82) is 0 Å². The van der Waals surface area contributed by atoms with Crippen LogP contribution in [0.4, 0.5) is 0 Å². The summed E-state index contributed by atoms with van der Waals surface area (Å²) < 4.78 is 1.86. The fourth-order valence-electron chi connectivity index (χ4n) is 2.26. The lowest BCUT2D eigenvalue weighted by Crippen LogP contribution is -2.35. The van der Waals surface area contributed by atoms with Crippen LogP contribution in [0.2, 0.25) is 0 Å². The molecule has 1 amide bonds. The van der Waals surface area contributed by atoms with E-state index in [0.29, 0.717) is 19.0 Å². The summed E-state index contributed by atoms with van der Waals surface area (Å²) in [6, 6.07) is 2.35. The molecule has 0 aromatic carbocycles. The van der Waals surface area contributed by atoms with Crippen LogP contribution in [0.25, 0.3) is 0 Å². The van der Waals surface area contributed by atoms with E-state index in [4.69, 9.17) is 0 Å². The zero-order valence-electron chi connectivity index (χ0n) is 11.2. The van der Waals surface area contributed by atoms with Gasteiger partial charge in [0, 0.05) is 25.0 Å². The number of aromatic nitrogens is 1. The van der Waals surface area contributed by atoms with Crippen molar-refractivity contribution < 1.29 is 9.90 Å². The Labute approximate surface area is 108 Å². The Morgan fingerprint density at radius 1 is 1.56 bits per heavy atom. The number of likely N-dealkylation sites (N-methyl/N-ethyl adjacent to an activating group) is 1. The first kappa shape index (κ1) is 13.1. The Bertz CT molecular complexity index is 410. The van der Waals surface area contributed by atoms with Gasteiger partial charge in [-0.25, -0.2) is 0 Å². The lowest BCUT2D eigenvalue weighted by atomic mass is 10.1. The summed E-state index contributed by atoms with van der Waals surface area (Å²) in [5.74, 6) is 0.174. The van der Waals surface area contributed by atoms with Crippen LogP contribution in [0.3, 0.4) is 0 Å². The van der Waals surface area contributed by atoms with Gasteiger partial charge in [0.15, 0.2) is 0 Å². The first-order valence-electron chi connectivity index (χ1n) is 6.78. The Hall–Kier alpha value is -1.29. The number of rotatable bonds is 6. The quantitative estimate of drug-likeness (QED) is 0.838. The first-order valence-corrected chi connectivity index (χ1v) is 6.78. The van der Waals surface area contributed by atoms with Crippen LogP contribution in [-0.4, -0.2) is 33.1 Å². The van der Waals surface area contributed by atoms with Crippen molar-refractivity contribution in [2.24, 2.45) is 0 Å². The van der Waals surface area contributed by atoms with E-state index in [1.54, 1.807) is 0 Å². The largest absolute Gasteiger partial charge is 0.388 e. The maximum absolute atomic E-state index is 12.1. The van der Waals surface area contributed by atoms with Gasteiger partial charge < -0.3 is 14.6 Å². The van der Waals surface area contributed by atoms with Crippen LogP contribution >= 0.6 is 0 Å². The zero-order chi connectivity index (χ0) is 13.1. The van der Waals surface area contributed by atoms with Crippen molar-refractivity contribution in [2.75, 3.05) is 6.54 Å². The predicted octanol–water partition coefficient (Wildman–Crippen LogP) is 1.94. The van der Waals surface area contributed by atoms with Gasteiger partial charge in [-0.2, -0.15) is 0 Å². The maximum Gasteiger partial charge on any atom is 0.242 e. The molecule has 1 aromatic rings. The summed E-state index contributed by atoms with van der Waals surface area (Å²) in [4.78, 5) is 14.1. The lowest BCUT2D eigenvalue weighted by Gasteiger charge is -2.20. The molecule has 1 fully saturated rings. The molecule has 0 saturated heterocycles. The van der Waals surface area contributed by atoms with Gasteiger partial charge >= 0.3 is 0 Å². The number of hydrogen-bond donors (Lipinski definition) is 1. The molecule has 4 nitrogen and oxygen atoms in total. The fourth-order valence-corrected chi connectivity index (χ4v) is 2.26. The second kappa shape index (κ2) is 5.57. The Kier molecular flexibility index (Phi) is 4.07. The maximum atomic E-state index is 12.1. The Balaban J connectivity index is 1.96. The van der Waals surface area contributed by atoms with Crippen molar-refractivity contribution in [1.82, 2.24) is 9.47 Å². The molecule has 4 heteroatoms. The van der Waals surface area contributed by atoms with Crippen molar-refractivity contribution >= 4 is 5.91 Å². The van der Waals surface area contributed by atoms with E-state index in [1.165, 1.54) is 0 Å². The molecule has 0 radical (unpaired) electrons. The number of amides is 1. The molecule has 1 aliphatic carbocycles. The Morgan fingerprint density at radius 2 is 2.28 bits per heavy atom. The summed E-state index contributed by atoms with van der Waals surface area (Å²) in [6.07, 6.45) is 6.30. The molecule has 100 valence electrons. The van der Waals surface area contributed by atoms with Crippen LogP contribution in [0, 0.1) is 0 Å². The molecule has 1 saturated carbocycles. The molecular formula is C14H22N2O2. The monoisotopic (exact) mass is 250 g/mol. The molecule has 0 aliphatic heterocycles. The normalized spacial score (nSPS) is 16.6. The number of nitrogens with zero attached hydrogens (tertiary/aromatic N) is 2. The van der Waals surface area contributed by atoms with Crippen LogP contribution in [-0.2, 0) is 11.3 Å². The van der Waals surface area contributed by atoms with Crippen LogP contribution < -0.4 is 0 Å². The zero-order valence-corrected chi connectivity index (χ0v) is 11.2. The second-order valence-corrected chi connectivity index (χ2v) is 4.95. The van der Waals surface area contributed by atoms with E-state index in [0.717, 1.165) is 24.9 Å². The van der Waals surface area contributed by atoms with E-state index < -0.39 is 6.10 Å². The van der Waals surface area contributed by atoms with E-state index in [9.17, 15) is 9.90 Å². The van der Waals surface area contributed by atoms with Gasteiger partial charge in [0.1, 0.15) is 6.54 Å². The van der Waals surface area contributed by atoms with Crippen molar-refractivity contribution in [2.45, 2.75) is 51.8 Å². The predicted molar refractivity (Wildman–Crippen MR) is 70.1 cm³/mol. The highest BCUT2D eigenvalue weighted by Crippen LogP contribution is 2.26. The smallest absolute Gasteiger partial charge is 0.242 e. The fraction of sp³-hybridized carbons (Fsp3) is 0.643. The molecule has 0 bridgehead atoms. The molecular weight excluding hydrogens is 228 g/mol. The van der Waals surface area contributed by atoms with Gasteiger partial charge in [-0.1, -0.05) is 6.92 Å². The third kappa shape index (κ3) is 2.93. The first-order chi connectivity index (χ1) is 8.65. The van der Waals surface area contributed by atoms with E-state index in [-0.39, 0.29) is 5.91 Å². The highest BCUT2D eigenvalue weighted by Gasteiger charge is 2.31. The highest BCUT2D eigenvalue weighted by atomic mass is 16.3. The molecule has 1 aliphatic rings. The molecule has 1 aromatic heterocycles. The summed E-state index contributed by atoms with van der Waals surface area (Å²) >= 11 is 0. The average Bonchev–Trinajstić information content (AvgIpc) is 3.08. The number of carbonyl (C=O) groups excluding carboxylic acids is 1. The molecule has 0 spiro atoms. The summed E-state index contributed by atoms with van der Waals surface area (Å²) in [6.45, 7) is 5.13. The third-order valence-corrected chi connectivity index (χ3v) is 3.51. The molecule has 18 heavy (non-hydrogen) atoms. The van der Waals surface area contributed by atoms with E-state index >= 15 is 0 Å². The summed E-state index contributed by atoms with van der Waals surface area (Å²) in [7, 11) is 0. The van der Waals surface area contributed by atoms with Crippen molar-refractivity contribution in [3.05, 3.63) is 24.0 Å². The van der Waals surface area contributed by atoms with Gasteiger partial charge in [-0.05, 0) is 37.8 Å². The minimum absolute atomic E-state index is 0.174. The molecule has 1 atom stereocenters. The van der Waals surface area contributed by atoms with Crippen LogP contribution in [0.1, 0.15) is 44.8 Å². The van der Waals surface area contributed by atoms with Gasteiger partial charge in [0.25, 0.3) is 0 Å². The lowest BCUT2D eigenvalue weighted by molar-refractivity contribution is -0.132. The van der Waals surface area contributed by atoms with Gasteiger partial charge in [0.05, 0.1) is 6.10 Å². The second-order valence-electron chi connectivity index (χ2n) is 4.95.